The molecule has 4 nitrogen and oxygen atoms in total. The zero-order valence-electron chi connectivity index (χ0n) is 11.4. The first-order valence-corrected chi connectivity index (χ1v) is 7.78. The zero-order valence-corrected chi connectivity index (χ0v) is 12.2. The lowest BCUT2D eigenvalue weighted by atomic mass is 10.0. The number of hydrogen-bond donors (Lipinski definition) is 1. The van der Waals surface area contributed by atoms with Gasteiger partial charge in [0, 0.05) is 30.9 Å². The molecule has 5 heteroatoms. The van der Waals surface area contributed by atoms with Crippen LogP contribution in [0, 0.1) is 0 Å². The molecule has 1 atom stereocenters. The second-order valence-corrected chi connectivity index (χ2v) is 5.78. The fraction of sp³-hybridized carbons (Fsp3) is 0.400. The second kappa shape index (κ2) is 6.35. The number of morpholine rings is 1. The molecule has 1 aromatic heterocycles. The van der Waals surface area contributed by atoms with Crippen LogP contribution in [-0.4, -0.2) is 31.3 Å². The van der Waals surface area contributed by atoms with Gasteiger partial charge < -0.3 is 15.4 Å². The average molecular weight is 289 g/mol. The van der Waals surface area contributed by atoms with E-state index in [4.69, 9.17) is 15.5 Å². The van der Waals surface area contributed by atoms with Gasteiger partial charge in [-0.1, -0.05) is 30.3 Å². The highest BCUT2D eigenvalue weighted by atomic mass is 32.1. The number of nitrogens with zero attached hydrogens (tertiary/aromatic N) is 2. The monoisotopic (exact) mass is 289 g/mol. The molecule has 1 fully saturated rings. The fourth-order valence-corrected chi connectivity index (χ4v) is 3.23. The average Bonchev–Trinajstić information content (AvgIpc) is 2.97. The largest absolute Gasteiger partial charge is 0.378 e. The smallest absolute Gasteiger partial charge is 0.185 e. The minimum atomic E-state index is 0.0100. The fourth-order valence-electron chi connectivity index (χ4n) is 2.33. The number of anilines is 1. The predicted octanol–water partition coefficient (Wildman–Crippen LogP) is 2.22. The molecule has 20 heavy (non-hydrogen) atoms. The van der Waals surface area contributed by atoms with Gasteiger partial charge in [0.1, 0.15) is 0 Å². The van der Waals surface area contributed by atoms with Crippen LogP contribution in [0.1, 0.15) is 17.3 Å². The van der Waals surface area contributed by atoms with Crippen LogP contribution in [0.4, 0.5) is 5.13 Å². The summed E-state index contributed by atoms with van der Waals surface area (Å²) in [5.41, 5.74) is 8.48. The lowest BCUT2D eigenvalue weighted by Gasteiger charge is -2.26. The van der Waals surface area contributed by atoms with Crippen molar-refractivity contribution in [2.24, 2.45) is 5.73 Å². The minimum Gasteiger partial charge on any atom is -0.378 e. The van der Waals surface area contributed by atoms with Crippen LogP contribution in [0.3, 0.4) is 0 Å². The summed E-state index contributed by atoms with van der Waals surface area (Å²) in [7, 11) is 0. The Morgan fingerprint density at radius 3 is 2.75 bits per heavy atom. The van der Waals surface area contributed by atoms with Gasteiger partial charge in [-0.15, -0.1) is 11.3 Å². The van der Waals surface area contributed by atoms with Crippen molar-refractivity contribution in [3.63, 3.8) is 0 Å². The predicted molar refractivity (Wildman–Crippen MR) is 82.2 cm³/mol. The number of hydrogen-bond acceptors (Lipinski definition) is 5. The van der Waals surface area contributed by atoms with Gasteiger partial charge in [-0.3, -0.25) is 0 Å². The number of benzene rings is 1. The number of rotatable bonds is 4. The van der Waals surface area contributed by atoms with Crippen molar-refractivity contribution in [1.29, 1.82) is 0 Å². The molecule has 2 N–H and O–H groups in total. The van der Waals surface area contributed by atoms with Gasteiger partial charge in [0.25, 0.3) is 0 Å². The van der Waals surface area contributed by atoms with E-state index in [0.717, 1.165) is 49.1 Å². The molecule has 1 unspecified atom stereocenters. The summed E-state index contributed by atoms with van der Waals surface area (Å²) < 4.78 is 5.37. The molecule has 3 rings (SSSR count). The van der Waals surface area contributed by atoms with Crippen LogP contribution < -0.4 is 10.6 Å². The topological polar surface area (TPSA) is 51.4 Å². The van der Waals surface area contributed by atoms with Gasteiger partial charge in [0.05, 0.1) is 18.9 Å². The number of thiazole rings is 1. The third kappa shape index (κ3) is 3.17. The third-order valence-electron chi connectivity index (χ3n) is 3.48. The highest BCUT2D eigenvalue weighted by molar-refractivity contribution is 7.13. The number of aromatic nitrogens is 1. The maximum atomic E-state index is 6.25. The van der Waals surface area contributed by atoms with Crippen LogP contribution in [-0.2, 0) is 11.2 Å². The van der Waals surface area contributed by atoms with E-state index in [9.17, 15) is 0 Å². The van der Waals surface area contributed by atoms with E-state index >= 15 is 0 Å². The van der Waals surface area contributed by atoms with Crippen molar-refractivity contribution in [2.45, 2.75) is 12.5 Å². The summed E-state index contributed by atoms with van der Waals surface area (Å²) in [5, 5.41) is 3.21. The minimum absolute atomic E-state index is 0.0100. The van der Waals surface area contributed by atoms with Gasteiger partial charge >= 0.3 is 0 Å². The number of nitrogens with two attached hydrogens (primary N) is 1. The Morgan fingerprint density at radius 2 is 2.00 bits per heavy atom. The zero-order chi connectivity index (χ0) is 13.8. The molecule has 0 radical (unpaired) electrons. The lowest BCUT2D eigenvalue weighted by Crippen LogP contribution is -2.36. The molecular formula is C15H19N3OS. The second-order valence-electron chi connectivity index (χ2n) is 4.94. The van der Waals surface area contributed by atoms with E-state index < -0.39 is 0 Å². The van der Waals surface area contributed by atoms with Crippen molar-refractivity contribution in [1.82, 2.24) is 4.98 Å². The Bertz CT molecular complexity index is 537. The molecule has 0 amide bonds. The van der Waals surface area contributed by atoms with Crippen molar-refractivity contribution in [3.8, 4) is 0 Å². The van der Waals surface area contributed by atoms with Crippen LogP contribution in [0.15, 0.2) is 35.7 Å². The molecule has 0 aliphatic carbocycles. The highest BCUT2D eigenvalue weighted by Gasteiger charge is 2.16. The Hall–Kier alpha value is -1.43. The van der Waals surface area contributed by atoms with Crippen molar-refractivity contribution in [2.75, 3.05) is 31.2 Å². The molecule has 2 aromatic rings. The first-order valence-electron chi connectivity index (χ1n) is 6.90. The van der Waals surface area contributed by atoms with Crippen LogP contribution in [0.5, 0.6) is 0 Å². The standard InChI is InChI=1S/C15H19N3OS/c16-14(12-4-2-1-3-5-12)10-13-11-20-15(17-13)18-6-8-19-9-7-18/h1-5,11,14H,6-10,16H2. The first kappa shape index (κ1) is 13.5. The molecule has 1 aliphatic rings. The Balaban J connectivity index is 1.65. The molecule has 1 aliphatic heterocycles. The Labute approximate surface area is 123 Å². The van der Waals surface area contributed by atoms with E-state index in [-0.39, 0.29) is 6.04 Å². The summed E-state index contributed by atoms with van der Waals surface area (Å²) >= 11 is 1.70. The lowest BCUT2D eigenvalue weighted by molar-refractivity contribution is 0.122. The number of ether oxygens (including phenoxy) is 1. The summed E-state index contributed by atoms with van der Waals surface area (Å²) in [6.07, 6.45) is 0.783. The molecule has 0 bridgehead atoms. The first-order chi connectivity index (χ1) is 9.83. The Kier molecular flexibility index (Phi) is 4.30. The van der Waals surface area contributed by atoms with Gasteiger partial charge in [-0.2, -0.15) is 0 Å². The molecule has 0 spiro atoms. The summed E-state index contributed by atoms with van der Waals surface area (Å²) in [6.45, 7) is 3.44. The van der Waals surface area contributed by atoms with E-state index in [2.05, 4.69) is 22.4 Å². The molecular weight excluding hydrogens is 270 g/mol. The van der Waals surface area contributed by atoms with Crippen molar-refractivity contribution in [3.05, 3.63) is 47.0 Å². The maximum Gasteiger partial charge on any atom is 0.185 e. The quantitative estimate of drug-likeness (QED) is 0.937. The molecule has 106 valence electrons. The van der Waals surface area contributed by atoms with Crippen molar-refractivity contribution < 1.29 is 4.74 Å². The van der Waals surface area contributed by atoms with E-state index in [1.54, 1.807) is 11.3 Å². The summed E-state index contributed by atoms with van der Waals surface area (Å²) in [6, 6.07) is 10.2. The SMILES string of the molecule is NC(Cc1csc(N2CCOCC2)n1)c1ccccc1. The summed E-state index contributed by atoms with van der Waals surface area (Å²) in [4.78, 5) is 6.99. The van der Waals surface area contributed by atoms with Crippen LogP contribution in [0.2, 0.25) is 0 Å². The highest BCUT2D eigenvalue weighted by Crippen LogP contribution is 2.24. The Morgan fingerprint density at radius 1 is 1.25 bits per heavy atom. The summed E-state index contributed by atoms with van der Waals surface area (Å²) in [5.74, 6) is 0. The van der Waals surface area contributed by atoms with Gasteiger partial charge in [-0.25, -0.2) is 4.98 Å². The van der Waals surface area contributed by atoms with E-state index in [0.29, 0.717) is 0 Å². The van der Waals surface area contributed by atoms with E-state index in [1.807, 2.05) is 18.2 Å². The van der Waals surface area contributed by atoms with Crippen LogP contribution >= 0.6 is 11.3 Å². The van der Waals surface area contributed by atoms with Gasteiger partial charge in [0.15, 0.2) is 5.13 Å². The third-order valence-corrected chi connectivity index (χ3v) is 4.43. The van der Waals surface area contributed by atoms with Crippen LogP contribution in [0.25, 0.3) is 0 Å². The molecule has 1 aromatic carbocycles. The molecule has 1 saturated heterocycles. The van der Waals surface area contributed by atoms with Crippen molar-refractivity contribution >= 4 is 16.5 Å². The van der Waals surface area contributed by atoms with Gasteiger partial charge in [0.2, 0.25) is 0 Å². The van der Waals surface area contributed by atoms with E-state index in [1.165, 1.54) is 0 Å². The maximum absolute atomic E-state index is 6.25. The van der Waals surface area contributed by atoms with Gasteiger partial charge in [-0.05, 0) is 5.56 Å². The molecule has 2 heterocycles. The normalized spacial score (nSPS) is 17.1. The molecule has 0 saturated carbocycles.